The number of rotatable bonds is 6. The highest BCUT2D eigenvalue weighted by atomic mass is 16.5. The molecule has 7 atom stereocenters. The summed E-state index contributed by atoms with van der Waals surface area (Å²) in [6.07, 6.45) is 15.6. The van der Waals surface area contributed by atoms with Gasteiger partial charge in [-0.05, 0) is 105 Å². The molecule has 3 heteroatoms. The summed E-state index contributed by atoms with van der Waals surface area (Å²) < 4.78 is 5.91. The molecule has 0 aromatic heterocycles. The Hall–Kier alpha value is -1.12. The van der Waals surface area contributed by atoms with Gasteiger partial charge in [0.25, 0.3) is 0 Å². The second-order valence-corrected chi connectivity index (χ2v) is 11.4. The first kappa shape index (κ1) is 22.1. The van der Waals surface area contributed by atoms with Crippen LogP contribution in [0.25, 0.3) is 0 Å². The second-order valence-electron chi connectivity index (χ2n) is 11.4. The molecule has 0 heterocycles. The SMILES string of the molecule is CCCCCC(=O)O[C@@H]1CC[C@@]2(C)[C@@H](CC[C@@H]3[C@@H]2CC[C@]2(C)C(C(C)=O)=CC[C@@H]32)C1. The van der Waals surface area contributed by atoms with Gasteiger partial charge >= 0.3 is 5.97 Å². The molecule has 0 saturated heterocycles. The maximum absolute atomic E-state index is 12.3. The number of hydrogen-bond donors (Lipinski definition) is 0. The molecule has 3 fully saturated rings. The summed E-state index contributed by atoms with van der Waals surface area (Å²) in [5, 5.41) is 0. The van der Waals surface area contributed by atoms with Gasteiger partial charge in [0.15, 0.2) is 5.78 Å². The van der Waals surface area contributed by atoms with E-state index in [-0.39, 0.29) is 17.5 Å². The van der Waals surface area contributed by atoms with Crippen molar-refractivity contribution in [2.24, 2.45) is 34.5 Å². The standard InChI is InChI=1S/C27H42O3/c1-5-6-7-8-25(29)30-20-13-15-26(3)19(17-20)9-10-21-23-12-11-22(18(2)28)27(23,4)16-14-24(21)26/h11,19-21,23-24H,5-10,12-17H2,1-4H3/t19-,20+,21-,23-,24-,26-,27+/m0/s1. The number of carbonyl (C=O) groups is 2. The molecular formula is C27H42O3. The lowest BCUT2D eigenvalue weighted by atomic mass is 9.44. The van der Waals surface area contributed by atoms with Gasteiger partial charge in [0.1, 0.15) is 6.10 Å². The first-order valence-electron chi connectivity index (χ1n) is 12.7. The van der Waals surface area contributed by atoms with Crippen molar-refractivity contribution in [3.63, 3.8) is 0 Å². The minimum Gasteiger partial charge on any atom is -0.462 e. The molecule has 3 nitrogen and oxygen atoms in total. The summed E-state index contributed by atoms with van der Waals surface area (Å²) in [4.78, 5) is 24.5. The number of allylic oxidation sites excluding steroid dienone is 2. The lowest BCUT2D eigenvalue weighted by molar-refractivity contribution is -0.161. The lowest BCUT2D eigenvalue weighted by Gasteiger charge is -2.60. The van der Waals surface area contributed by atoms with Crippen molar-refractivity contribution in [3.8, 4) is 0 Å². The first-order chi connectivity index (χ1) is 14.3. The fourth-order valence-electron chi connectivity index (χ4n) is 8.20. The topological polar surface area (TPSA) is 43.4 Å². The summed E-state index contributed by atoms with van der Waals surface area (Å²) in [6.45, 7) is 8.84. The van der Waals surface area contributed by atoms with Gasteiger partial charge in [-0.15, -0.1) is 0 Å². The fraction of sp³-hybridized carbons (Fsp3) is 0.852. The monoisotopic (exact) mass is 414 g/mol. The van der Waals surface area contributed by atoms with Crippen LogP contribution in [-0.4, -0.2) is 17.9 Å². The van der Waals surface area contributed by atoms with Crippen molar-refractivity contribution in [1.29, 1.82) is 0 Å². The third-order valence-electron chi connectivity index (χ3n) is 9.86. The van der Waals surface area contributed by atoms with E-state index in [1.807, 2.05) is 0 Å². The van der Waals surface area contributed by atoms with E-state index in [1.54, 1.807) is 6.92 Å². The van der Waals surface area contributed by atoms with Crippen LogP contribution in [0.1, 0.15) is 105 Å². The Labute approximate surface area is 183 Å². The molecule has 30 heavy (non-hydrogen) atoms. The van der Waals surface area contributed by atoms with Crippen LogP contribution in [0.4, 0.5) is 0 Å². The van der Waals surface area contributed by atoms with Gasteiger partial charge in [0.2, 0.25) is 0 Å². The summed E-state index contributed by atoms with van der Waals surface area (Å²) in [6, 6.07) is 0. The third kappa shape index (κ3) is 3.69. The smallest absolute Gasteiger partial charge is 0.306 e. The van der Waals surface area contributed by atoms with Crippen LogP contribution in [0, 0.1) is 34.5 Å². The summed E-state index contributed by atoms with van der Waals surface area (Å²) >= 11 is 0. The van der Waals surface area contributed by atoms with Gasteiger partial charge < -0.3 is 4.74 Å². The first-order valence-corrected chi connectivity index (χ1v) is 12.7. The van der Waals surface area contributed by atoms with Gasteiger partial charge in [-0.3, -0.25) is 9.59 Å². The zero-order valence-corrected chi connectivity index (χ0v) is 19.7. The minimum absolute atomic E-state index is 0.0213. The molecule has 4 aliphatic rings. The predicted molar refractivity (Wildman–Crippen MR) is 120 cm³/mol. The van der Waals surface area contributed by atoms with Crippen LogP contribution in [0.5, 0.6) is 0 Å². The number of Topliss-reactive ketones (excluding diaryl/α,β-unsaturated/α-hetero) is 1. The zero-order chi connectivity index (χ0) is 21.5. The van der Waals surface area contributed by atoms with Crippen LogP contribution in [0.15, 0.2) is 11.6 Å². The number of esters is 1. The molecule has 0 aliphatic heterocycles. The normalized spacial score (nSPS) is 42.5. The maximum atomic E-state index is 12.3. The van der Waals surface area contributed by atoms with Gasteiger partial charge in [0, 0.05) is 6.42 Å². The van der Waals surface area contributed by atoms with E-state index in [0.717, 1.165) is 55.9 Å². The fourth-order valence-corrected chi connectivity index (χ4v) is 8.20. The average Bonchev–Trinajstić information content (AvgIpc) is 3.06. The molecule has 0 aromatic carbocycles. The molecule has 0 spiro atoms. The van der Waals surface area contributed by atoms with Crippen LogP contribution in [0.3, 0.4) is 0 Å². The quantitative estimate of drug-likeness (QED) is 0.361. The van der Waals surface area contributed by atoms with E-state index in [4.69, 9.17) is 4.74 Å². The third-order valence-corrected chi connectivity index (χ3v) is 9.86. The number of hydrogen-bond acceptors (Lipinski definition) is 3. The highest BCUT2D eigenvalue weighted by molar-refractivity contribution is 5.95. The number of ether oxygens (including phenoxy) is 1. The van der Waals surface area contributed by atoms with Crippen LogP contribution in [0.2, 0.25) is 0 Å². The Morgan fingerprint density at radius 1 is 1.07 bits per heavy atom. The van der Waals surface area contributed by atoms with Crippen molar-refractivity contribution in [1.82, 2.24) is 0 Å². The Morgan fingerprint density at radius 2 is 1.87 bits per heavy atom. The number of fused-ring (bicyclic) bond motifs is 5. The Balaban J connectivity index is 1.40. The molecular weight excluding hydrogens is 372 g/mol. The Kier molecular flexibility index (Phi) is 6.21. The Bertz CT molecular complexity index is 709. The average molecular weight is 415 g/mol. The molecule has 3 saturated carbocycles. The molecule has 0 radical (unpaired) electrons. The summed E-state index contributed by atoms with van der Waals surface area (Å²) in [7, 11) is 0. The number of unbranched alkanes of at least 4 members (excludes halogenated alkanes) is 2. The van der Waals surface area contributed by atoms with Gasteiger partial charge in [-0.2, -0.15) is 0 Å². The molecule has 4 rings (SSSR count). The molecule has 168 valence electrons. The van der Waals surface area contributed by atoms with Crippen molar-refractivity contribution in [3.05, 3.63) is 11.6 Å². The lowest BCUT2D eigenvalue weighted by Crippen LogP contribution is -2.54. The molecule has 0 unspecified atom stereocenters. The summed E-state index contributed by atoms with van der Waals surface area (Å²) in [5.74, 6) is 3.18. The molecule has 0 amide bonds. The van der Waals surface area contributed by atoms with Crippen molar-refractivity contribution in [2.75, 3.05) is 0 Å². The van der Waals surface area contributed by atoms with Crippen LogP contribution in [-0.2, 0) is 14.3 Å². The van der Waals surface area contributed by atoms with Crippen molar-refractivity contribution in [2.45, 2.75) is 111 Å². The van der Waals surface area contributed by atoms with Gasteiger partial charge in [-0.1, -0.05) is 39.7 Å². The van der Waals surface area contributed by atoms with Gasteiger partial charge in [0.05, 0.1) is 0 Å². The number of ketones is 1. The molecule has 0 N–H and O–H groups in total. The van der Waals surface area contributed by atoms with Crippen LogP contribution >= 0.6 is 0 Å². The van der Waals surface area contributed by atoms with E-state index < -0.39 is 0 Å². The molecule has 0 bridgehead atoms. The number of carbonyl (C=O) groups excluding carboxylic acids is 2. The van der Waals surface area contributed by atoms with E-state index in [9.17, 15) is 9.59 Å². The highest BCUT2D eigenvalue weighted by Crippen LogP contribution is 2.66. The summed E-state index contributed by atoms with van der Waals surface area (Å²) in [5.41, 5.74) is 1.62. The highest BCUT2D eigenvalue weighted by Gasteiger charge is 2.59. The van der Waals surface area contributed by atoms with Crippen molar-refractivity contribution >= 4 is 11.8 Å². The minimum atomic E-state index is 0.0213. The predicted octanol–water partition coefficient (Wildman–Crippen LogP) is 6.65. The zero-order valence-electron chi connectivity index (χ0n) is 19.7. The van der Waals surface area contributed by atoms with Crippen molar-refractivity contribution < 1.29 is 14.3 Å². The van der Waals surface area contributed by atoms with E-state index in [0.29, 0.717) is 29.5 Å². The molecule has 0 aromatic rings. The molecule has 4 aliphatic carbocycles. The maximum Gasteiger partial charge on any atom is 0.306 e. The largest absolute Gasteiger partial charge is 0.462 e. The Morgan fingerprint density at radius 3 is 2.60 bits per heavy atom. The van der Waals surface area contributed by atoms with E-state index in [1.165, 1.54) is 32.1 Å². The van der Waals surface area contributed by atoms with E-state index in [2.05, 4.69) is 26.8 Å². The van der Waals surface area contributed by atoms with E-state index >= 15 is 0 Å². The second kappa shape index (κ2) is 8.43. The van der Waals surface area contributed by atoms with Crippen LogP contribution < -0.4 is 0 Å². The van der Waals surface area contributed by atoms with Gasteiger partial charge in [-0.25, -0.2) is 0 Å².